The molecule has 1 atom stereocenters. The van der Waals surface area contributed by atoms with Gasteiger partial charge in [-0.25, -0.2) is 4.79 Å². The third-order valence-electron chi connectivity index (χ3n) is 3.39. The van der Waals surface area contributed by atoms with Crippen molar-refractivity contribution < 1.29 is 14.4 Å². The van der Waals surface area contributed by atoms with Gasteiger partial charge in [-0.1, -0.05) is 26.0 Å². The molecule has 112 valence electrons. The lowest BCUT2D eigenvalue weighted by Gasteiger charge is -2.14. The van der Waals surface area contributed by atoms with E-state index in [4.69, 9.17) is 5.73 Å². The highest BCUT2D eigenvalue weighted by molar-refractivity contribution is 6.04. The molecule has 1 fully saturated rings. The number of hydrogen-bond donors (Lipinski definition) is 2. The van der Waals surface area contributed by atoms with E-state index in [9.17, 15) is 14.4 Å². The largest absolute Gasteiger partial charge is 0.366 e. The Hall–Kier alpha value is -2.37. The summed E-state index contributed by atoms with van der Waals surface area (Å²) in [4.78, 5) is 36.3. The van der Waals surface area contributed by atoms with Crippen LogP contribution in [0.4, 0.5) is 4.79 Å². The van der Waals surface area contributed by atoms with E-state index in [0.717, 1.165) is 5.56 Å². The predicted molar refractivity (Wildman–Crippen MR) is 77.3 cm³/mol. The number of benzene rings is 1. The van der Waals surface area contributed by atoms with Crippen molar-refractivity contribution in [2.24, 2.45) is 11.7 Å². The number of rotatable bonds is 5. The number of primary amides is 1. The average Bonchev–Trinajstić information content (AvgIpc) is 2.66. The second-order valence-electron chi connectivity index (χ2n) is 5.62. The van der Waals surface area contributed by atoms with Gasteiger partial charge in [0.25, 0.3) is 5.91 Å². The van der Waals surface area contributed by atoms with E-state index in [1.165, 1.54) is 4.90 Å². The molecule has 1 aromatic carbocycles. The van der Waals surface area contributed by atoms with Crippen LogP contribution in [-0.2, 0) is 11.3 Å². The summed E-state index contributed by atoms with van der Waals surface area (Å²) >= 11 is 0. The van der Waals surface area contributed by atoms with Gasteiger partial charge in [0.15, 0.2) is 0 Å². The highest BCUT2D eigenvalue weighted by atomic mass is 16.2. The fourth-order valence-electron chi connectivity index (χ4n) is 2.31. The van der Waals surface area contributed by atoms with Crippen molar-refractivity contribution in [3.8, 4) is 0 Å². The number of nitrogens with one attached hydrogen (secondary N) is 1. The van der Waals surface area contributed by atoms with E-state index in [1.807, 2.05) is 13.8 Å². The number of amides is 4. The quantitative estimate of drug-likeness (QED) is 0.799. The predicted octanol–water partition coefficient (Wildman–Crippen LogP) is 1.25. The summed E-state index contributed by atoms with van der Waals surface area (Å²) in [5, 5.41) is 2.70. The van der Waals surface area contributed by atoms with E-state index in [-0.39, 0.29) is 18.5 Å². The van der Waals surface area contributed by atoms with Gasteiger partial charge in [0.05, 0.1) is 6.54 Å². The number of carbonyl (C=O) groups excluding carboxylic acids is 3. The topological polar surface area (TPSA) is 92.5 Å². The normalized spacial score (nSPS) is 18.2. The van der Waals surface area contributed by atoms with Gasteiger partial charge in [0.1, 0.15) is 6.04 Å². The molecule has 4 amide bonds. The number of carbonyl (C=O) groups is 3. The molecule has 6 nitrogen and oxygen atoms in total. The van der Waals surface area contributed by atoms with E-state index < -0.39 is 11.9 Å². The first kappa shape index (κ1) is 15.0. The van der Waals surface area contributed by atoms with Crippen LogP contribution in [0.5, 0.6) is 0 Å². The molecule has 1 heterocycles. The number of hydrogen-bond acceptors (Lipinski definition) is 3. The molecule has 1 aliphatic heterocycles. The average molecular weight is 289 g/mol. The second kappa shape index (κ2) is 5.95. The van der Waals surface area contributed by atoms with Crippen molar-refractivity contribution in [1.29, 1.82) is 0 Å². The van der Waals surface area contributed by atoms with Gasteiger partial charge in [-0.15, -0.1) is 0 Å². The number of nitrogens with two attached hydrogens (primary N) is 1. The van der Waals surface area contributed by atoms with Crippen molar-refractivity contribution in [3.05, 3.63) is 35.4 Å². The minimum Gasteiger partial charge on any atom is -0.366 e. The fraction of sp³-hybridized carbons (Fsp3) is 0.400. The second-order valence-corrected chi connectivity index (χ2v) is 5.62. The maximum Gasteiger partial charge on any atom is 0.325 e. The van der Waals surface area contributed by atoms with Gasteiger partial charge in [-0.05, 0) is 30.0 Å². The Bertz CT molecular complexity index is 566. The molecule has 0 radical (unpaired) electrons. The van der Waals surface area contributed by atoms with Crippen LogP contribution < -0.4 is 11.1 Å². The van der Waals surface area contributed by atoms with Crippen LogP contribution in [0.1, 0.15) is 36.2 Å². The molecule has 21 heavy (non-hydrogen) atoms. The first-order valence-electron chi connectivity index (χ1n) is 6.89. The molecule has 0 saturated carbocycles. The molecule has 6 heteroatoms. The van der Waals surface area contributed by atoms with E-state index in [1.54, 1.807) is 24.3 Å². The number of nitrogens with zero attached hydrogens (tertiary/aromatic N) is 1. The molecular formula is C15H19N3O3. The van der Waals surface area contributed by atoms with Gasteiger partial charge in [-0.3, -0.25) is 14.5 Å². The zero-order valence-corrected chi connectivity index (χ0v) is 12.1. The van der Waals surface area contributed by atoms with Crippen molar-refractivity contribution in [3.63, 3.8) is 0 Å². The molecule has 1 saturated heterocycles. The Morgan fingerprint density at radius 3 is 2.43 bits per heavy atom. The molecule has 0 spiro atoms. The molecule has 0 aromatic heterocycles. The van der Waals surface area contributed by atoms with E-state index in [0.29, 0.717) is 17.9 Å². The first-order chi connectivity index (χ1) is 9.88. The molecule has 2 rings (SSSR count). The molecular weight excluding hydrogens is 270 g/mol. The smallest absolute Gasteiger partial charge is 0.325 e. The van der Waals surface area contributed by atoms with Crippen molar-refractivity contribution in [2.45, 2.75) is 32.9 Å². The molecule has 0 aliphatic carbocycles. The van der Waals surface area contributed by atoms with Crippen LogP contribution in [0.3, 0.4) is 0 Å². The molecule has 1 aromatic rings. The van der Waals surface area contributed by atoms with Gasteiger partial charge < -0.3 is 11.1 Å². The Balaban J connectivity index is 2.07. The zero-order valence-electron chi connectivity index (χ0n) is 12.1. The maximum atomic E-state index is 12.2. The highest BCUT2D eigenvalue weighted by Crippen LogP contribution is 2.17. The van der Waals surface area contributed by atoms with E-state index >= 15 is 0 Å². The summed E-state index contributed by atoms with van der Waals surface area (Å²) < 4.78 is 0. The standard InChI is InChI=1S/C15H19N3O3/c1-9(2)7-12-14(20)18(15(21)17-12)8-10-3-5-11(6-4-10)13(16)19/h3-6,9,12H,7-8H2,1-2H3,(H2,16,19)(H,17,21)/t12-/m1/s1. The molecule has 1 aliphatic rings. The first-order valence-corrected chi connectivity index (χ1v) is 6.89. The Kier molecular flexibility index (Phi) is 4.26. The van der Waals surface area contributed by atoms with Crippen LogP contribution in [0.25, 0.3) is 0 Å². The summed E-state index contributed by atoms with van der Waals surface area (Å²) in [5.41, 5.74) is 6.34. The lowest BCUT2D eigenvalue weighted by molar-refractivity contribution is -0.128. The van der Waals surface area contributed by atoms with Crippen LogP contribution in [0.15, 0.2) is 24.3 Å². The third-order valence-corrected chi connectivity index (χ3v) is 3.39. The lowest BCUT2D eigenvalue weighted by Crippen LogP contribution is -2.31. The fourth-order valence-corrected chi connectivity index (χ4v) is 2.31. The Morgan fingerprint density at radius 1 is 1.29 bits per heavy atom. The summed E-state index contributed by atoms with van der Waals surface area (Å²) in [6.07, 6.45) is 0.627. The van der Waals surface area contributed by atoms with Crippen LogP contribution >= 0.6 is 0 Å². The monoisotopic (exact) mass is 289 g/mol. The summed E-state index contributed by atoms with van der Waals surface area (Å²) in [6, 6.07) is 5.74. The minimum absolute atomic E-state index is 0.193. The Morgan fingerprint density at radius 2 is 1.90 bits per heavy atom. The van der Waals surface area contributed by atoms with Crippen molar-refractivity contribution in [1.82, 2.24) is 10.2 Å². The molecule has 0 unspecified atom stereocenters. The SMILES string of the molecule is CC(C)C[C@H]1NC(=O)N(Cc2ccc(C(N)=O)cc2)C1=O. The summed E-state index contributed by atoms with van der Waals surface area (Å²) in [7, 11) is 0. The maximum absolute atomic E-state index is 12.2. The molecule has 3 N–H and O–H groups in total. The van der Waals surface area contributed by atoms with E-state index in [2.05, 4.69) is 5.32 Å². The summed E-state index contributed by atoms with van der Waals surface area (Å²) in [6.45, 7) is 4.20. The van der Waals surface area contributed by atoms with Gasteiger partial charge in [0, 0.05) is 5.56 Å². The van der Waals surface area contributed by atoms with Crippen LogP contribution in [0, 0.1) is 5.92 Å². The van der Waals surface area contributed by atoms with Crippen LogP contribution in [0.2, 0.25) is 0 Å². The van der Waals surface area contributed by atoms with Gasteiger partial charge in [0.2, 0.25) is 5.91 Å². The van der Waals surface area contributed by atoms with Crippen LogP contribution in [-0.4, -0.2) is 28.8 Å². The number of urea groups is 1. The zero-order chi connectivity index (χ0) is 15.6. The molecule has 0 bridgehead atoms. The number of imide groups is 1. The van der Waals surface area contributed by atoms with Crippen molar-refractivity contribution in [2.75, 3.05) is 0 Å². The minimum atomic E-state index is -0.506. The third kappa shape index (κ3) is 3.39. The van der Waals surface area contributed by atoms with Gasteiger partial charge >= 0.3 is 6.03 Å². The summed E-state index contributed by atoms with van der Waals surface area (Å²) in [5.74, 6) is -0.379. The Labute approximate surface area is 123 Å². The highest BCUT2D eigenvalue weighted by Gasteiger charge is 2.37. The lowest BCUT2D eigenvalue weighted by atomic mass is 10.0. The van der Waals surface area contributed by atoms with Crippen molar-refractivity contribution >= 4 is 17.8 Å². The van der Waals surface area contributed by atoms with Gasteiger partial charge in [-0.2, -0.15) is 0 Å².